The van der Waals surface area contributed by atoms with Crippen molar-refractivity contribution in [3.05, 3.63) is 46.0 Å². The molecule has 0 bridgehead atoms. The van der Waals surface area contributed by atoms with Crippen LogP contribution in [-0.2, 0) is 0 Å². The molecule has 2 aromatic rings. The molecular weight excluding hydrogens is 268 g/mol. The standard InChI is InChI=1S/C11H11BrN4/c1-8-14-15-9(2)16(8)13-7-10-4-3-5-11(12)6-10/h3-7H,1-2H3/b13-7-. The summed E-state index contributed by atoms with van der Waals surface area (Å²) in [7, 11) is 0. The van der Waals surface area contributed by atoms with Gasteiger partial charge in [0.2, 0.25) is 0 Å². The predicted molar refractivity (Wildman–Crippen MR) is 66.6 cm³/mol. The van der Waals surface area contributed by atoms with Crippen LogP contribution in [0.4, 0.5) is 0 Å². The zero-order chi connectivity index (χ0) is 11.5. The highest BCUT2D eigenvalue weighted by Crippen LogP contribution is 2.10. The first-order chi connectivity index (χ1) is 7.66. The molecule has 0 aliphatic rings. The molecule has 0 saturated heterocycles. The number of benzene rings is 1. The lowest BCUT2D eigenvalue weighted by molar-refractivity contribution is 0.799. The minimum atomic E-state index is 0.781. The molecule has 0 N–H and O–H groups in total. The number of nitrogens with zero attached hydrogens (tertiary/aromatic N) is 4. The number of rotatable bonds is 2. The van der Waals surface area contributed by atoms with Crippen molar-refractivity contribution in [2.75, 3.05) is 0 Å². The van der Waals surface area contributed by atoms with Gasteiger partial charge in [0.15, 0.2) is 11.6 Å². The van der Waals surface area contributed by atoms with Crippen molar-refractivity contribution < 1.29 is 0 Å². The van der Waals surface area contributed by atoms with Gasteiger partial charge in [0, 0.05) is 4.47 Å². The van der Waals surface area contributed by atoms with Crippen molar-refractivity contribution in [3.63, 3.8) is 0 Å². The predicted octanol–water partition coefficient (Wildman–Crippen LogP) is 2.54. The lowest BCUT2D eigenvalue weighted by Gasteiger charge is -1.97. The third-order valence-corrected chi connectivity index (χ3v) is 2.62. The Morgan fingerprint density at radius 3 is 2.56 bits per heavy atom. The molecule has 0 aliphatic carbocycles. The SMILES string of the molecule is Cc1nnc(C)n1/N=C\c1cccc(Br)c1. The van der Waals surface area contributed by atoms with E-state index in [1.807, 2.05) is 38.1 Å². The lowest BCUT2D eigenvalue weighted by atomic mass is 10.2. The van der Waals surface area contributed by atoms with Crippen LogP contribution in [0, 0.1) is 13.8 Å². The Bertz CT molecular complexity index is 511. The van der Waals surface area contributed by atoms with E-state index in [0.717, 1.165) is 21.7 Å². The third-order valence-electron chi connectivity index (χ3n) is 2.12. The summed E-state index contributed by atoms with van der Waals surface area (Å²) in [4.78, 5) is 0. The van der Waals surface area contributed by atoms with Gasteiger partial charge in [-0.2, -0.15) is 5.10 Å². The highest BCUT2D eigenvalue weighted by molar-refractivity contribution is 9.10. The van der Waals surface area contributed by atoms with E-state index < -0.39 is 0 Å². The largest absolute Gasteiger partial charge is 0.202 e. The van der Waals surface area contributed by atoms with E-state index in [-0.39, 0.29) is 0 Å². The highest BCUT2D eigenvalue weighted by Gasteiger charge is 2.00. The van der Waals surface area contributed by atoms with E-state index in [4.69, 9.17) is 0 Å². The zero-order valence-electron chi connectivity index (χ0n) is 9.05. The van der Waals surface area contributed by atoms with E-state index in [9.17, 15) is 0 Å². The Balaban J connectivity index is 2.28. The average Bonchev–Trinajstić information content (AvgIpc) is 2.56. The zero-order valence-corrected chi connectivity index (χ0v) is 10.6. The monoisotopic (exact) mass is 278 g/mol. The maximum Gasteiger partial charge on any atom is 0.151 e. The minimum Gasteiger partial charge on any atom is -0.202 e. The Hall–Kier alpha value is -1.49. The normalized spacial score (nSPS) is 11.2. The van der Waals surface area contributed by atoms with Gasteiger partial charge in [-0.1, -0.05) is 28.1 Å². The van der Waals surface area contributed by atoms with Crippen LogP contribution in [-0.4, -0.2) is 21.1 Å². The van der Waals surface area contributed by atoms with Crippen LogP contribution in [0.2, 0.25) is 0 Å². The Kier molecular flexibility index (Phi) is 3.14. The highest BCUT2D eigenvalue weighted by atomic mass is 79.9. The van der Waals surface area contributed by atoms with E-state index in [0.29, 0.717) is 0 Å². The molecule has 4 nitrogen and oxygen atoms in total. The van der Waals surface area contributed by atoms with Gasteiger partial charge in [0.05, 0.1) is 6.21 Å². The molecule has 1 heterocycles. The average molecular weight is 279 g/mol. The molecule has 0 unspecified atom stereocenters. The van der Waals surface area contributed by atoms with Gasteiger partial charge in [-0.3, -0.25) is 0 Å². The van der Waals surface area contributed by atoms with Crippen molar-refractivity contribution in [2.24, 2.45) is 5.10 Å². The number of aromatic nitrogens is 3. The number of hydrogen-bond donors (Lipinski definition) is 0. The van der Waals surface area contributed by atoms with Gasteiger partial charge in [-0.05, 0) is 31.5 Å². The second-order valence-corrected chi connectivity index (χ2v) is 4.32. The summed E-state index contributed by atoms with van der Waals surface area (Å²) in [6.45, 7) is 3.75. The fourth-order valence-electron chi connectivity index (χ4n) is 1.34. The summed E-state index contributed by atoms with van der Waals surface area (Å²) in [6.07, 6.45) is 1.79. The fourth-order valence-corrected chi connectivity index (χ4v) is 1.76. The molecule has 1 aromatic carbocycles. The number of hydrogen-bond acceptors (Lipinski definition) is 3. The van der Waals surface area contributed by atoms with Gasteiger partial charge in [0.1, 0.15) is 0 Å². The second-order valence-electron chi connectivity index (χ2n) is 3.41. The smallest absolute Gasteiger partial charge is 0.151 e. The molecule has 0 atom stereocenters. The summed E-state index contributed by atoms with van der Waals surface area (Å²) in [5.41, 5.74) is 1.03. The molecular formula is C11H11BrN4. The van der Waals surface area contributed by atoms with Crippen LogP contribution in [0.25, 0.3) is 0 Å². The maximum atomic E-state index is 4.32. The van der Waals surface area contributed by atoms with E-state index in [1.165, 1.54) is 0 Å². The number of aryl methyl sites for hydroxylation is 2. The first kappa shape index (κ1) is 11.0. The van der Waals surface area contributed by atoms with Gasteiger partial charge >= 0.3 is 0 Å². The van der Waals surface area contributed by atoms with Crippen LogP contribution >= 0.6 is 15.9 Å². The Labute approximate surface area is 102 Å². The van der Waals surface area contributed by atoms with Gasteiger partial charge in [-0.25, -0.2) is 4.68 Å². The molecule has 2 rings (SSSR count). The molecule has 0 amide bonds. The van der Waals surface area contributed by atoms with Crippen molar-refractivity contribution in [1.82, 2.24) is 14.9 Å². The molecule has 0 fully saturated rings. The van der Waals surface area contributed by atoms with Crippen molar-refractivity contribution in [3.8, 4) is 0 Å². The summed E-state index contributed by atoms with van der Waals surface area (Å²) in [6, 6.07) is 7.94. The number of halogens is 1. The maximum absolute atomic E-state index is 4.32. The Morgan fingerprint density at radius 1 is 1.25 bits per heavy atom. The van der Waals surface area contributed by atoms with Crippen LogP contribution in [0.5, 0.6) is 0 Å². The molecule has 5 heteroatoms. The lowest BCUT2D eigenvalue weighted by Crippen LogP contribution is -1.96. The quantitative estimate of drug-likeness (QED) is 0.793. The topological polar surface area (TPSA) is 43.1 Å². The first-order valence-corrected chi connectivity index (χ1v) is 5.64. The van der Waals surface area contributed by atoms with Crippen LogP contribution < -0.4 is 0 Å². The molecule has 0 spiro atoms. The molecule has 16 heavy (non-hydrogen) atoms. The molecule has 0 saturated carbocycles. The summed E-state index contributed by atoms with van der Waals surface area (Å²) in [5.74, 6) is 1.56. The fraction of sp³-hybridized carbons (Fsp3) is 0.182. The summed E-state index contributed by atoms with van der Waals surface area (Å²) < 4.78 is 2.75. The van der Waals surface area contributed by atoms with E-state index in [2.05, 4.69) is 31.2 Å². The molecule has 0 radical (unpaired) electrons. The van der Waals surface area contributed by atoms with Gasteiger partial charge < -0.3 is 0 Å². The molecule has 0 aliphatic heterocycles. The Morgan fingerprint density at radius 2 is 1.94 bits per heavy atom. The van der Waals surface area contributed by atoms with Gasteiger partial charge in [-0.15, -0.1) is 10.2 Å². The van der Waals surface area contributed by atoms with Crippen LogP contribution in [0.3, 0.4) is 0 Å². The van der Waals surface area contributed by atoms with Crippen LogP contribution in [0.15, 0.2) is 33.8 Å². The van der Waals surface area contributed by atoms with Crippen molar-refractivity contribution >= 4 is 22.1 Å². The molecule has 1 aromatic heterocycles. The third kappa shape index (κ3) is 2.36. The van der Waals surface area contributed by atoms with E-state index in [1.54, 1.807) is 10.9 Å². The summed E-state index contributed by atoms with van der Waals surface area (Å²) in [5, 5.41) is 12.2. The first-order valence-electron chi connectivity index (χ1n) is 4.85. The molecule has 82 valence electrons. The van der Waals surface area contributed by atoms with E-state index >= 15 is 0 Å². The minimum absolute atomic E-state index is 0.781. The van der Waals surface area contributed by atoms with Crippen LogP contribution in [0.1, 0.15) is 17.2 Å². The van der Waals surface area contributed by atoms with Gasteiger partial charge in [0.25, 0.3) is 0 Å². The second kappa shape index (κ2) is 4.57. The van der Waals surface area contributed by atoms with Crippen molar-refractivity contribution in [1.29, 1.82) is 0 Å². The summed E-state index contributed by atoms with van der Waals surface area (Å²) >= 11 is 3.42. The van der Waals surface area contributed by atoms with Crippen molar-refractivity contribution in [2.45, 2.75) is 13.8 Å².